The summed E-state index contributed by atoms with van der Waals surface area (Å²) >= 11 is 0. The normalized spacial score (nSPS) is 14.7. The zero-order chi connectivity index (χ0) is 28.5. The highest BCUT2D eigenvalue weighted by atomic mass is 16.5. The summed E-state index contributed by atoms with van der Waals surface area (Å²) in [5.74, 6) is 1.14. The van der Waals surface area contributed by atoms with E-state index in [0.29, 0.717) is 59.5 Å². The topological polar surface area (TPSA) is 159 Å². The number of ether oxygens (including phenoxy) is 1. The van der Waals surface area contributed by atoms with Gasteiger partial charge in [0, 0.05) is 36.2 Å². The first kappa shape index (κ1) is 25.8. The number of nitrogens with zero attached hydrogens (tertiary/aromatic N) is 6. The molecule has 3 aromatic heterocycles. The Hall–Kier alpha value is -5.50. The monoisotopic (exact) mass is 545 g/mol. The van der Waals surface area contributed by atoms with Gasteiger partial charge in [0.25, 0.3) is 11.8 Å². The average molecular weight is 546 g/mol. The molecule has 6 rings (SSSR count). The highest BCUT2D eigenvalue weighted by molar-refractivity contribution is 5.94. The van der Waals surface area contributed by atoms with Crippen LogP contribution in [0.25, 0.3) is 22.4 Å². The highest BCUT2D eigenvalue weighted by Crippen LogP contribution is 2.35. The van der Waals surface area contributed by atoms with Crippen molar-refractivity contribution in [1.82, 2.24) is 29.8 Å². The van der Waals surface area contributed by atoms with Gasteiger partial charge in [-0.05, 0) is 79.9 Å². The van der Waals surface area contributed by atoms with Gasteiger partial charge in [0.1, 0.15) is 11.3 Å². The lowest BCUT2D eigenvalue weighted by atomic mass is 10.0. The second-order valence-electron chi connectivity index (χ2n) is 10.0. The molecule has 2 aromatic carbocycles. The number of fused-ring (bicyclic) bond motifs is 1. The molecule has 1 atom stereocenters. The van der Waals surface area contributed by atoms with E-state index in [-0.39, 0.29) is 11.8 Å². The SMILES string of the molecule is Cc1cc(-c2ccc(C(=O)N3CCC(C#N)C3)cn2)cc(C)c1Oc1nc(Nc2ccc(N)cc2)nc2nc[nH]c12. The predicted molar refractivity (Wildman–Crippen MR) is 155 cm³/mol. The molecule has 1 amide bonds. The number of amides is 1. The number of aryl methyl sites for hydroxylation is 2. The number of nitriles is 1. The van der Waals surface area contributed by atoms with Crippen LogP contribution in [0, 0.1) is 31.1 Å². The molecule has 41 heavy (non-hydrogen) atoms. The first-order valence-electron chi connectivity index (χ1n) is 13.2. The summed E-state index contributed by atoms with van der Waals surface area (Å²) < 4.78 is 6.35. The van der Waals surface area contributed by atoms with Gasteiger partial charge in [-0.2, -0.15) is 15.2 Å². The number of nitrogens with one attached hydrogen (secondary N) is 2. The number of rotatable bonds is 6. The van der Waals surface area contributed by atoms with Crippen LogP contribution in [0.3, 0.4) is 0 Å². The van der Waals surface area contributed by atoms with Crippen LogP contribution in [-0.4, -0.2) is 48.8 Å². The van der Waals surface area contributed by atoms with Gasteiger partial charge in [0.2, 0.25) is 5.95 Å². The van der Waals surface area contributed by atoms with Gasteiger partial charge in [0.05, 0.1) is 29.6 Å². The summed E-state index contributed by atoms with van der Waals surface area (Å²) in [7, 11) is 0. The molecule has 0 bridgehead atoms. The number of imidazole rings is 1. The zero-order valence-corrected chi connectivity index (χ0v) is 22.5. The number of aromatic amines is 1. The summed E-state index contributed by atoms with van der Waals surface area (Å²) in [6, 6.07) is 17.1. The maximum absolute atomic E-state index is 12.8. The molecule has 5 aromatic rings. The molecule has 1 aliphatic rings. The lowest BCUT2D eigenvalue weighted by molar-refractivity contribution is 0.0789. The van der Waals surface area contributed by atoms with Crippen molar-refractivity contribution < 1.29 is 9.53 Å². The molecular weight excluding hydrogens is 518 g/mol. The van der Waals surface area contributed by atoms with E-state index in [2.05, 4.69) is 36.3 Å². The fourth-order valence-corrected chi connectivity index (χ4v) is 4.91. The molecule has 204 valence electrons. The van der Waals surface area contributed by atoms with Gasteiger partial charge in [0.15, 0.2) is 5.65 Å². The molecule has 1 unspecified atom stereocenters. The van der Waals surface area contributed by atoms with E-state index >= 15 is 0 Å². The smallest absolute Gasteiger partial charge is 0.255 e. The third-order valence-corrected chi connectivity index (χ3v) is 7.04. The van der Waals surface area contributed by atoms with Crippen LogP contribution in [0.2, 0.25) is 0 Å². The Morgan fingerprint density at radius 1 is 1.12 bits per heavy atom. The molecule has 1 fully saturated rings. The molecular formula is C30H27N9O2. The van der Waals surface area contributed by atoms with E-state index in [4.69, 9.17) is 15.7 Å². The van der Waals surface area contributed by atoms with Crippen LogP contribution in [0.4, 0.5) is 17.3 Å². The number of anilines is 3. The summed E-state index contributed by atoms with van der Waals surface area (Å²) in [5.41, 5.74) is 12.2. The van der Waals surface area contributed by atoms with Gasteiger partial charge >= 0.3 is 0 Å². The molecule has 0 spiro atoms. The Morgan fingerprint density at radius 2 is 1.90 bits per heavy atom. The van der Waals surface area contributed by atoms with Crippen LogP contribution >= 0.6 is 0 Å². The second-order valence-corrected chi connectivity index (χ2v) is 10.0. The summed E-state index contributed by atoms with van der Waals surface area (Å²) in [6.07, 6.45) is 3.85. The van der Waals surface area contributed by atoms with Gasteiger partial charge in [-0.1, -0.05) is 0 Å². The van der Waals surface area contributed by atoms with Crippen LogP contribution in [-0.2, 0) is 0 Å². The number of carbonyl (C=O) groups excluding carboxylic acids is 1. The van der Waals surface area contributed by atoms with Crippen LogP contribution in [0.1, 0.15) is 27.9 Å². The van der Waals surface area contributed by atoms with Crippen molar-refractivity contribution in [3.63, 3.8) is 0 Å². The van der Waals surface area contributed by atoms with Crippen LogP contribution < -0.4 is 15.8 Å². The van der Waals surface area contributed by atoms with Crippen LogP contribution in [0.5, 0.6) is 11.6 Å². The highest BCUT2D eigenvalue weighted by Gasteiger charge is 2.27. The van der Waals surface area contributed by atoms with E-state index in [1.807, 2.05) is 44.2 Å². The second kappa shape index (κ2) is 10.6. The Morgan fingerprint density at radius 3 is 2.59 bits per heavy atom. The standard InChI is InChI=1S/C30H27N9O2/c1-17-11-21(24-8-3-20(14-33-24)29(40)39-10-9-19(13-31)15-39)12-18(2)26(17)41-28-25-27(35-16-34-25)37-30(38-28)36-23-6-4-22(32)5-7-23/h3-8,11-12,14,16,19H,9-10,15,32H2,1-2H3,(H2,34,35,36,37,38). The maximum atomic E-state index is 12.8. The number of aromatic nitrogens is 5. The van der Waals surface area contributed by atoms with Crippen molar-refractivity contribution in [2.75, 3.05) is 24.1 Å². The number of likely N-dealkylation sites (tertiary alicyclic amines) is 1. The summed E-state index contributed by atoms with van der Waals surface area (Å²) in [6.45, 7) is 4.98. The maximum Gasteiger partial charge on any atom is 0.255 e. The van der Waals surface area contributed by atoms with Crippen molar-refractivity contribution in [2.45, 2.75) is 20.3 Å². The quantitative estimate of drug-likeness (QED) is 0.246. The Kier molecular flexibility index (Phi) is 6.65. The molecule has 1 aliphatic heterocycles. The molecule has 4 heterocycles. The van der Waals surface area contributed by atoms with Crippen molar-refractivity contribution >= 4 is 34.4 Å². The third-order valence-electron chi connectivity index (χ3n) is 7.04. The zero-order valence-electron chi connectivity index (χ0n) is 22.5. The number of nitrogen functional groups attached to an aromatic ring is 1. The lowest BCUT2D eigenvalue weighted by Crippen LogP contribution is -2.28. The van der Waals surface area contributed by atoms with E-state index in [0.717, 1.165) is 28.1 Å². The minimum atomic E-state index is -0.101. The predicted octanol–water partition coefficient (Wildman–Crippen LogP) is 5.14. The van der Waals surface area contributed by atoms with E-state index in [1.165, 1.54) is 0 Å². The third kappa shape index (κ3) is 5.23. The largest absolute Gasteiger partial charge is 0.436 e. The molecule has 1 saturated heterocycles. The molecule has 11 heteroatoms. The van der Waals surface area contributed by atoms with Gasteiger partial charge in [-0.3, -0.25) is 9.78 Å². The Labute approximate surface area is 236 Å². The summed E-state index contributed by atoms with van der Waals surface area (Å²) in [5, 5.41) is 12.3. The van der Waals surface area contributed by atoms with Gasteiger partial charge < -0.3 is 25.7 Å². The minimum Gasteiger partial charge on any atom is -0.436 e. The Balaban J connectivity index is 1.24. The molecule has 0 radical (unpaired) electrons. The lowest BCUT2D eigenvalue weighted by Gasteiger charge is -2.16. The van der Waals surface area contributed by atoms with Crippen molar-refractivity contribution in [3.05, 3.63) is 77.7 Å². The number of hydrogen-bond donors (Lipinski definition) is 3. The van der Waals surface area contributed by atoms with E-state index in [1.54, 1.807) is 35.6 Å². The first-order chi connectivity index (χ1) is 19.9. The first-order valence-corrected chi connectivity index (χ1v) is 13.2. The Bertz CT molecular complexity index is 1770. The van der Waals surface area contributed by atoms with E-state index in [9.17, 15) is 4.79 Å². The number of nitrogens with two attached hydrogens (primary N) is 1. The van der Waals surface area contributed by atoms with Gasteiger partial charge in [-0.25, -0.2) is 4.98 Å². The fourth-order valence-electron chi connectivity index (χ4n) is 4.91. The molecule has 0 aliphatic carbocycles. The van der Waals surface area contributed by atoms with Crippen molar-refractivity contribution in [3.8, 4) is 29.0 Å². The average Bonchev–Trinajstić information content (AvgIpc) is 3.66. The number of H-pyrrole nitrogens is 1. The van der Waals surface area contributed by atoms with Crippen molar-refractivity contribution in [2.24, 2.45) is 5.92 Å². The van der Waals surface area contributed by atoms with E-state index < -0.39 is 0 Å². The fraction of sp³-hybridized carbons (Fsp3) is 0.200. The number of hydrogen-bond acceptors (Lipinski definition) is 9. The summed E-state index contributed by atoms with van der Waals surface area (Å²) in [4.78, 5) is 35.5. The van der Waals surface area contributed by atoms with Gasteiger partial charge in [-0.15, -0.1) is 0 Å². The number of carbonyl (C=O) groups is 1. The molecule has 0 saturated carbocycles. The van der Waals surface area contributed by atoms with Crippen molar-refractivity contribution in [1.29, 1.82) is 5.26 Å². The number of benzene rings is 2. The molecule has 4 N–H and O–H groups in total. The molecule has 11 nitrogen and oxygen atoms in total. The number of pyridine rings is 1. The minimum absolute atomic E-state index is 0.0989. The van der Waals surface area contributed by atoms with Crippen LogP contribution in [0.15, 0.2) is 61.1 Å².